The predicted molar refractivity (Wildman–Crippen MR) is 89.0 cm³/mol. The summed E-state index contributed by atoms with van der Waals surface area (Å²) in [5.41, 5.74) is 1.37. The Balaban J connectivity index is 1.89. The molecule has 1 amide bonds. The van der Waals surface area contributed by atoms with Crippen LogP contribution in [-0.4, -0.2) is 45.6 Å². The molecule has 5 N–H and O–H groups in total. The highest BCUT2D eigenvalue weighted by atomic mass is 16.5. The van der Waals surface area contributed by atoms with Gasteiger partial charge in [0.1, 0.15) is 0 Å². The summed E-state index contributed by atoms with van der Waals surface area (Å²) in [7, 11) is 0. The summed E-state index contributed by atoms with van der Waals surface area (Å²) in [6.07, 6.45) is 1.37. The second kappa shape index (κ2) is 8.29. The van der Waals surface area contributed by atoms with Crippen LogP contribution in [0.5, 0.6) is 11.5 Å². The molecule has 0 saturated carbocycles. The van der Waals surface area contributed by atoms with Gasteiger partial charge in [0, 0.05) is 0 Å². The quantitative estimate of drug-likeness (QED) is 0.321. The van der Waals surface area contributed by atoms with Crippen LogP contribution in [0.4, 0.5) is 5.82 Å². The van der Waals surface area contributed by atoms with E-state index in [2.05, 4.69) is 20.9 Å². The van der Waals surface area contributed by atoms with Gasteiger partial charge >= 0.3 is 5.69 Å². The van der Waals surface area contributed by atoms with Crippen molar-refractivity contribution in [1.82, 2.24) is 20.6 Å². The number of hydrogen-bond acceptors (Lipinski definition) is 8. The fourth-order valence-electron chi connectivity index (χ4n) is 1.73. The summed E-state index contributed by atoms with van der Waals surface area (Å²) in [5.74, 6) is -0.417. The van der Waals surface area contributed by atoms with Gasteiger partial charge in [-0.1, -0.05) is 0 Å². The molecule has 11 heteroatoms. The number of hydrogen-bond donors (Lipinski definition) is 5. The number of carbonyl (C=O) groups is 1. The average molecular weight is 348 g/mol. The molecule has 2 rings (SSSR count). The number of ether oxygens (including phenoxy) is 1. The lowest BCUT2D eigenvalue weighted by Crippen LogP contribution is -2.31. The molecule has 1 heterocycles. The molecule has 0 aliphatic rings. The lowest BCUT2D eigenvalue weighted by molar-refractivity contribution is -0.119. The Kier molecular flexibility index (Phi) is 5.87. The number of anilines is 1. The van der Waals surface area contributed by atoms with Crippen LogP contribution < -0.4 is 26.7 Å². The number of phenols is 1. The summed E-state index contributed by atoms with van der Waals surface area (Å²) in [6, 6.07) is 4.61. The van der Waals surface area contributed by atoms with E-state index in [1.165, 1.54) is 12.3 Å². The van der Waals surface area contributed by atoms with Crippen molar-refractivity contribution in [2.24, 2.45) is 5.10 Å². The number of rotatable bonds is 7. The Bertz CT molecular complexity index is 888. The molecule has 1 aromatic carbocycles. The van der Waals surface area contributed by atoms with Gasteiger partial charge in [-0.2, -0.15) is 5.10 Å². The van der Waals surface area contributed by atoms with E-state index in [9.17, 15) is 19.5 Å². The fraction of sp³-hybridized carbons (Fsp3) is 0.214. The van der Waals surface area contributed by atoms with Crippen LogP contribution in [0.15, 0.2) is 32.9 Å². The number of hydrazone groups is 1. The summed E-state index contributed by atoms with van der Waals surface area (Å²) in [6.45, 7) is 1.91. The Labute approximate surface area is 140 Å². The number of amides is 1. The molecule has 0 spiro atoms. The van der Waals surface area contributed by atoms with E-state index in [-0.39, 0.29) is 18.1 Å². The molecule has 0 aliphatic heterocycles. The molecule has 0 atom stereocenters. The number of carbonyl (C=O) groups excluding carboxylic acids is 1. The zero-order valence-electron chi connectivity index (χ0n) is 13.2. The van der Waals surface area contributed by atoms with Gasteiger partial charge in [-0.15, -0.1) is 5.10 Å². The fourth-order valence-corrected chi connectivity index (χ4v) is 1.73. The van der Waals surface area contributed by atoms with Crippen LogP contribution in [0.3, 0.4) is 0 Å². The van der Waals surface area contributed by atoms with Crippen molar-refractivity contribution in [1.29, 1.82) is 0 Å². The van der Waals surface area contributed by atoms with Crippen LogP contribution >= 0.6 is 0 Å². The predicted octanol–water partition coefficient (Wildman–Crippen LogP) is -0.875. The van der Waals surface area contributed by atoms with E-state index in [1.807, 2.05) is 10.1 Å². The molecule has 0 bridgehead atoms. The number of benzene rings is 1. The van der Waals surface area contributed by atoms with E-state index in [4.69, 9.17) is 4.74 Å². The largest absolute Gasteiger partial charge is 0.504 e. The Hall–Kier alpha value is -3.63. The number of aromatic amines is 2. The molecule has 2 aromatic rings. The molecule has 1 aromatic heterocycles. The average Bonchev–Trinajstić information content (AvgIpc) is 2.57. The molecular formula is C14H16N6O5. The van der Waals surface area contributed by atoms with Crippen LogP contribution in [0.25, 0.3) is 0 Å². The van der Waals surface area contributed by atoms with Gasteiger partial charge in [0.2, 0.25) is 5.82 Å². The normalized spacial score (nSPS) is 10.6. The lowest BCUT2D eigenvalue weighted by atomic mass is 10.2. The number of phenolic OH excluding ortho intramolecular Hbond substituents is 1. The molecule has 11 nitrogen and oxygen atoms in total. The monoisotopic (exact) mass is 348 g/mol. The molecule has 0 aliphatic carbocycles. The van der Waals surface area contributed by atoms with Gasteiger partial charge < -0.3 is 15.2 Å². The van der Waals surface area contributed by atoms with E-state index in [0.29, 0.717) is 17.9 Å². The second-order valence-electron chi connectivity index (χ2n) is 4.66. The van der Waals surface area contributed by atoms with Crippen molar-refractivity contribution >= 4 is 17.9 Å². The Morgan fingerprint density at radius 3 is 2.96 bits per heavy atom. The van der Waals surface area contributed by atoms with Crippen LogP contribution in [0, 0.1) is 0 Å². The third kappa shape index (κ3) is 5.20. The van der Waals surface area contributed by atoms with Gasteiger partial charge in [0.25, 0.3) is 11.5 Å². The maximum absolute atomic E-state index is 11.6. The first-order valence-corrected chi connectivity index (χ1v) is 7.20. The minimum absolute atomic E-state index is 0.00543. The van der Waals surface area contributed by atoms with Gasteiger partial charge in [-0.3, -0.25) is 14.6 Å². The summed E-state index contributed by atoms with van der Waals surface area (Å²) in [4.78, 5) is 35.8. The number of aromatic hydroxyl groups is 1. The van der Waals surface area contributed by atoms with Gasteiger partial charge in [0.05, 0.1) is 19.4 Å². The lowest BCUT2D eigenvalue weighted by Gasteiger charge is -2.06. The zero-order valence-corrected chi connectivity index (χ0v) is 13.2. The molecular weight excluding hydrogens is 332 g/mol. The third-order valence-electron chi connectivity index (χ3n) is 2.81. The molecule has 0 radical (unpaired) electrons. The third-order valence-corrected chi connectivity index (χ3v) is 2.81. The maximum atomic E-state index is 11.6. The van der Waals surface area contributed by atoms with E-state index >= 15 is 0 Å². The minimum Gasteiger partial charge on any atom is -0.504 e. The first kappa shape index (κ1) is 17.7. The molecule has 132 valence electrons. The first-order valence-electron chi connectivity index (χ1n) is 7.20. The van der Waals surface area contributed by atoms with Gasteiger partial charge in [-0.05, 0) is 30.7 Å². The van der Waals surface area contributed by atoms with Crippen molar-refractivity contribution in [2.75, 3.05) is 18.5 Å². The molecule has 0 fully saturated rings. The van der Waals surface area contributed by atoms with E-state index < -0.39 is 17.2 Å². The van der Waals surface area contributed by atoms with Crippen LogP contribution in [0.1, 0.15) is 12.5 Å². The highest BCUT2D eigenvalue weighted by Crippen LogP contribution is 2.26. The second-order valence-corrected chi connectivity index (χ2v) is 4.66. The van der Waals surface area contributed by atoms with Gasteiger partial charge in [-0.25, -0.2) is 15.3 Å². The molecule has 0 saturated heterocycles. The topological polar surface area (TPSA) is 162 Å². The van der Waals surface area contributed by atoms with E-state index in [1.54, 1.807) is 19.1 Å². The van der Waals surface area contributed by atoms with Crippen LogP contribution in [0.2, 0.25) is 0 Å². The van der Waals surface area contributed by atoms with Crippen LogP contribution in [-0.2, 0) is 4.79 Å². The summed E-state index contributed by atoms with van der Waals surface area (Å²) < 4.78 is 5.24. The smallest absolute Gasteiger partial charge is 0.342 e. The first-order chi connectivity index (χ1) is 12.0. The summed E-state index contributed by atoms with van der Waals surface area (Å²) >= 11 is 0. The number of aromatic nitrogens is 3. The molecule has 25 heavy (non-hydrogen) atoms. The highest BCUT2D eigenvalue weighted by molar-refractivity contribution is 5.84. The molecule has 0 unspecified atom stereocenters. The van der Waals surface area contributed by atoms with Crippen molar-refractivity contribution < 1.29 is 14.6 Å². The number of nitrogens with one attached hydrogen (secondary N) is 4. The Morgan fingerprint density at radius 2 is 2.24 bits per heavy atom. The standard InChI is InChI=1S/C14H16N6O5/c1-2-25-10-5-8(3-4-9(10)21)6-16-18-11(22)7-15-12-13(23)17-14(24)20-19-12/h3-6,21H,2,7H2,1H3,(H,15,19)(H,18,22)(H2,17,20,23,24)/b16-6+. The number of H-pyrrole nitrogens is 2. The maximum Gasteiger partial charge on any atom is 0.342 e. The van der Waals surface area contributed by atoms with Crippen molar-refractivity contribution in [2.45, 2.75) is 6.92 Å². The summed E-state index contributed by atoms with van der Waals surface area (Å²) in [5, 5.41) is 21.3. The SMILES string of the molecule is CCOc1cc(/C=N/NC(=O)CNc2n[nH]c(=O)[nH]c2=O)ccc1O. The van der Waals surface area contributed by atoms with Gasteiger partial charge in [0.15, 0.2) is 11.5 Å². The van der Waals surface area contributed by atoms with Crippen molar-refractivity contribution in [3.8, 4) is 11.5 Å². The minimum atomic E-state index is -0.745. The number of nitrogens with zero attached hydrogens (tertiary/aromatic N) is 2. The van der Waals surface area contributed by atoms with E-state index in [0.717, 1.165) is 0 Å². The highest BCUT2D eigenvalue weighted by Gasteiger charge is 2.05. The van der Waals surface area contributed by atoms with Crippen molar-refractivity contribution in [3.05, 3.63) is 44.6 Å². The Morgan fingerprint density at radius 1 is 1.44 bits per heavy atom. The van der Waals surface area contributed by atoms with Crippen molar-refractivity contribution in [3.63, 3.8) is 0 Å². The zero-order chi connectivity index (χ0) is 18.2.